The van der Waals surface area contributed by atoms with Gasteiger partial charge in [-0.05, 0) is 102 Å². The number of aromatic nitrogens is 4. The van der Waals surface area contributed by atoms with Crippen molar-refractivity contribution in [2.24, 2.45) is 0 Å². The maximum Gasteiger partial charge on any atom is 0.269 e. The van der Waals surface area contributed by atoms with Gasteiger partial charge in [-0.1, -0.05) is 223 Å². The highest BCUT2D eigenvalue weighted by Gasteiger charge is 2.45. The van der Waals surface area contributed by atoms with Crippen LogP contribution in [0.2, 0.25) is 0 Å². The number of rotatable bonds is 10. The van der Waals surface area contributed by atoms with E-state index in [1.165, 1.54) is 12.1 Å². The number of hydrogen-bond acceptors (Lipinski definition) is 2. The summed E-state index contributed by atoms with van der Waals surface area (Å²) in [6.45, 7) is 11.7. The third-order valence-corrected chi connectivity index (χ3v) is 17.5. The first-order valence-electron chi connectivity index (χ1n) is 34.0. The Balaban J connectivity index is 1.22. The van der Waals surface area contributed by atoms with Crippen molar-refractivity contribution in [1.82, 2.24) is 14.1 Å². The number of benzene rings is 9. The maximum atomic E-state index is 10.0. The second kappa shape index (κ2) is 18.5. The summed E-state index contributed by atoms with van der Waals surface area (Å²) >= 11 is 0. The Morgan fingerprint density at radius 2 is 1.12 bits per heavy atom. The number of para-hydroxylation sites is 3. The number of pyridine rings is 1. The largest absolute Gasteiger partial charge is 0.458 e. The highest BCUT2D eigenvalue weighted by Crippen LogP contribution is 2.37. The molecule has 9 aromatic carbocycles. The summed E-state index contributed by atoms with van der Waals surface area (Å²) in [5.41, 5.74) is 2.21. The van der Waals surface area contributed by atoms with Crippen molar-refractivity contribution in [3.05, 3.63) is 260 Å². The minimum absolute atomic E-state index is 0.0608. The Bertz CT molecular complexity index is 4960. The number of fused-ring (bicyclic) bond motifs is 4. The predicted octanol–water partition coefficient (Wildman–Crippen LogP) is 13.6. The fourth-order valence-electron chi connectivity index (χ4n) is 9.87. The Hall–Kier alpha value is -8.58. The summed E-state index contributed by atoms with van der Waals surface area (Å²) in [5, 5.41) is -0.767. The molecule has 0 fully saturated rings. The molecule has 0 amide bonds. The lowest BCUT2D eigenvalue weighted by Gasteiger charge is -2.38. The van der Waals surface area contributed by atoms with E-state index in [1.807, 2.05) is 42.5 Å². The molecule has 0 N–H and O–H groups in total. The van der Waals surface area contributed by atoms with E-state index in [0.717, 1.165) is 33.2 Å². The van der Waals surface area contributed by atoms with Crippen LogP contribution in [0.25, 0.3) is 61.2 Å². The average molecular weight is 995 g/mol. The molecule has 3 heterocycles. The summed E-state index contributed by atoms with van der Waals surface area (Å²) in [5.74, 6) is 1.57. The number of nitrogens with zero attached hydrogens (tertiary/aromatic N) is 4. The van der Waals surface area contributed by atoms with Crippen LogP contribution in [0.15, 0.2) is 242 Å². The topological polar surface area (TPSA) is 35.9 Å². The molecule has 0 saturated heterocycles. The summed E-state index contributed by atoms with van der Waals surface area (Å²) in [6.07, 6.45) is 5.30. The monoisotopic (exact) mass is 995 g/mol. The molecule has 5 nitrogen and oxygen atoms in total. The van der Waals surface area contributed by atoms with Gasteiger partial charge in [0.15, 0.2) is 8.07 Å². The summed E-state index contributed by atoms with van der Waals surface area (Å²) in [7, 11) is -6.10. The van der Waals surface area contributed by atoms with Crippen molar-refractivity contribution < 1.29 is 36.7 Å². The molecule has 0 unspecified atom stereocenters. The van der Waals surface area contributed by atoms with Crippen molar-refractivity contribution in [1.29, 1.82) is 0 Å². The van der Waals surface area contributed by atoms with Gasteiger partial charge in [-0.2, -0.15) is 0 Å². The van der Waals surface area contributed by atoms with Crippen LogP contribution in [0.1, 0.15) is 80.1 Å². The first-order valence-corrected chi connectivity index (χ1v) is 26.0. The van der Waals surface area contributed by atoms with Crippen molar-refractivity contribution in [2.75, 3.05) is 0 Å². The minimum atomic E-state index is -6.10. The van der Waals surface area contributed by atoms with Gasteiger partial charge in [-0.3, -0.25) is 13.7 Å². The predicted molar refractivity (Wildman–Crippen MR) is 309 cm³/mol. The lowest BCUT2D eigenvalue weighted by Crippen LogP contribution is -2.76. The number of imidazole rings is 1. The molecule has 0 aliphatic rings. The molecular weight excluding hydrogens is 917 g/mol. The first kappa shape index (κ1) is 29.2. The van der Waals surface area contributed by atoms with E-state index in [1.54, 1.807) is 84.6 Å². The number of hydrogen-bond donors (Lipinski definition) is 0. The van der Waals surface area contributed by atoms with E-state index < -0.39 is 155 Å². The van der Waals surface area contributed by atoms with Gasteiger partial charge in [0.05, 0.1) is 60.9 Å². The second-order valence-electron chi connectivity index (χ2n) is 20.0. The van der Waals surface area contributed by atoms with Crippen molar-refractivity contribution in [3.8, 4) is 39.8 Å². The van der Waals surface area contributed by atoms with E-state index in [2.05, 4.69) is 43.8 Å². The third-order valence-electron chi connectivity index (χ3n) is 13.3. The molecule has 360 valence electrons. The lowest BCUT2D eigenvalue weighted by atomic mass is 9.83. The van der Waals surface area contributed by atoms with E-state index in [0.29, 0.717) is 28.2 Å². The van der Waals surface area contributed by atoms with Gasteiger partial charge >= 0.3 is 0 Å². The SMILES string of the molecule is [2H]c1c([2H])c([2H])c(-c2cc(C(C)(C)C)c(-[n+]3[c-]n(-c4cccc(Oc5ccc6c7ccccc7n(-c7cc(C(C)(C)C)ccn7)c6c5)c4)c4ccccc43)c([Si](c3c([2H])c([2H])c([2H])c([2H])c3[2H])(c3c([2H])c([2H])c([2H])c([2H])c3[2H])c3c([2H])c([2H])c([2H])c([2H])c3[2H])c2)c([2H])c1[2H]. The summed E-state index contributed by atoms with van der Waals surface area (Å²) < 4.78 is 200. The Labute approximate surface area is 463 Å². The molecule has 3 aromatic heterocycles. The Morgan fingerprint density at radius 3 is 1.77 bits per heavy atom. The Morgan fingerprint density at radius 1 is 0.527 bits per heavy atom. The highest BCUT2D eigenvalue weighted by molar-refractivity contribution is 7.20. The quantitative estimate of drug-likeness (QED) is 0.0592. The lowest BCUT2D eigenvalue weighted by molar-refractivity contribution is -0.572. The zero-order valence-electron chi connectivity index (χ0n) is 61.2. The van der Waals surface area contributed by atoms with Crippen molar-refractivity contribution in [2.45, 2.75) is 52.4 Å². The van der Waals surface area contributed by atoms with Crippen LogP contribution < -0.4 is 30.1 Å². The zero-order chi connectivity index (χ0) is 68.0. The maximum absolute atomic E-state index is 10.0. The van der Waals surface area contributed by atoms with E-state index in [4.69, 9.17) is 17.9 Å². The molecule has 0 aliphatic carbocycles. The van der Waals surface area contributed by atoms with Crippen molar-refractivity contribution >= 4 is 61.7 Å². The molecule has 74 heavy (non-hydrogen) atoms. The van der Waals surface area contributed by atoms with Crippen LogP contribution in [-0.4, -0.2) is 22.2 Å². The van der Waals surface area contributed by atoms with Gasteiger partial charge in [0.1, 0.15) is 17.3 Å². The zero-order valence-corrected chi connectivity index (χ0v) is 42.2. The van der Waals surface area contributed by atoms with Gasteiger partial charge in [0.25, 0.3) is 6.33 Å². The van der Waals surface area contributed by atoms with Crippen LogP contribution in [-0.2, 0) is 10.8 Å². The van der Waals surface area contributed by atoms with Gasteiger partial charge in [0, 0.05) is 23.0 Å². The molecule has 6 heteroatoms. The van der Waals surface area contributed by atoms with E-state index >= 15 is 0 Å². The molecule has 12 rings (SSSR count). The number of ether oxygens (including phenoxy) is 1. The highest BCUT2D eigenvalue weighted by atomic mass is 28.3. The normalized spacial score (nSPS) is 16.0. The van der Waals surface area contributed by atoms with Crippen LogP contribution >= 0.6 is 0 Å². The second-order valence-corrected chi connectivity index (χ2v) is 23.5. The van der Waals surface area contributed by atoms with Gasteiger partial charge in [-0.25, -0.2) is 4.98 Å². The molecule has 12 aromatic rings. The molecular formula is C68H58N4OSi. The summed E-state index contributed by atoms with van der Waals surface area (Å²) in [6, 6.07) is 16.3. The molecule has 0 spiro atoms. The van der Waals surface area contributed by atoms with E-state index in [9.17, 15) is 19.2 Å². The smallest absolute Gasteiger partial charge is 0.269 e. The van der Waals surface area contributed by atoms with Crippen LogP contribution in [0.5, 0.6) is 11.5 Å². The molecule has 0 aliphatic heterocycles. The molecule has 0 atom stereocenters. The fourth-order valence-corrected chi connectivity index (χ4v) is 13.9. The third kappa shape index (κ3) is 8.12. The van der Waals surface area contributed by atoms with Gasteiger partial charge < -0.3 is 4.74 Å². The molecule has 0 bridgehead atoms. The average Bonchev–Trinajstić information content (AvgIpc) is 0.733. The van der Waals surface area contributed by atoms with Gasteiger partial charge in [0.2, 0.25) is 0 Å². The van der Waals surface area contributed by atoms with Crippen LogP contribution in [0.3, 0.4) is 0 Å². The first-order chi connectivity index (χ1) is 44.2. The molecule has 0 radical (unpaired) electrons. The van der Waals surface area contributed by atoms with Crippen LogP contribution in [0, 0.1) is 6.33 Å². The van der Waals surface area contributed by atoms with E-state index in [-0.39, 0.29) is 27.4 Å². The molecule has 0 saturated carbocycles. The summed E-state index contributed by atoms with van der Waals surface area (Å²) in [4.78, 5) is 4.84. The fraction of sp³-hybridized carbons (Fsp3) is 0.118. The standard InChI is InChI=1S/C68H58N4OSi/c1-67(2,3)50-40-41-69-65(44-50)72-60-35-20-19-34-57(60)58-39-38-53(46-63(58)72)73-52-27-23-26-51(45-52)70-47-71(62-37-22-21-36-61(62)70)66-59(68(4,5)6)42-49(48-24-11-7-12-25-48)43-64(66)74(54-28-13-8-14-29-54,55-30-15-9-16-31-55)56-32-17-10-18-33-56/h7-46H,1-6H3/i7D,8D,9D,10D,11D,12D,13D,14D,15D,16D,17D,18D,24D,25D,28D,29D,30D,31D,32D,33D. The van der Waals surface area contributed by atoms with Crippen LogP contribution in [0.4, 0.5) is 0 Å². The minimum Gasteiger partial charge on any atom is -0.458 e. The Kier molecular flexibility index (Phi) is 7.29. The van der Waals surface area contributed by atoms with Gasteiger partial charge in [-0.15, -0.1) is 0 Å². The van der Waals surface area contributed by atoms with Crippen molar-refractivity contribution in [3.63, 3.8) is 0 Å².